The second-order valence-corrected chi connectivity index (χ2v) is 4.91. The summed E-state index contributed by atoms with van der Waals surface area (Å²) < 4.78 is 14.1. The molecular formula is C10H22N4O6S2. The number of hydrogen-bond donors (Lipinski definition) is 6. The number of carboxylic acids is 2. The highest BCUT2D eigenvalue weighted by atomic mass is 32.2. The van der Waals surface area contributed by atoms with Crippen molar-refractivity contribution in [1.82, 2.24) is 0 Å². The number of hydrogen-bond acceptors (Lipinski definition) is 8. The van der Waals surface area contributed by atoms with Gasteiger partial charge in [0.25, 0.3) is 0 Å². The maximum Gasteiger partial charge on any atom is 0.320 e. The van der Waals surface area contributed by atoms with Crippen molar-refractivity contribution in [3.05, 3.63) is 0 Å². The first-order chi connectivity index (χ1) is 10.1. The first kappa shape index (κ1) is 25.5. The fourth-order valence-corrected chi connectivity index (χ4v) is 1.28. The Labute approximate surface area is 135 Å². The van der Waals surface area contributed by atoms with Gasteiger partial charge in [-0.1, -0.05) is 0 Å². The van der Waals surface area contributed by atoms with E-state index in [4.69, 9.17) is 36.4 Å². The number of nitrogens with one attached hydrogen (secondary N) is 1. The third-order valence-corrected chi connectivity index (χ3v) is 2.61. The third-order valence-electron chi connectivity index (χ3n) is 1.97. The number of carboxylic acid groups (broad SMARTS) is 2. The van der Waals surface area contributed by atoms with E-state index in [0.29, 0.717) is 6.42 Å². The van der Waals surface area contributed by atoms with Gasteiger partial charge in [-0.25, -0.2) is 4.78 Å². The van der Waals surface area contributed by atoms with Gasteiger partial charge in [0, 0.05) is 6.42 Å². The Kier molecular flexibility index (Phi) is 20.3. The number of thioether (sulfide) groups is 1. The Balaban J connectivity index is -0.000000279. The van der Waals surface area contributed by atoms with Crippen LogP contribution >= 0.6 is 11.8 Å². The van der Waals surface area contributed by atoms with E-state index in [1.54, 1.807) is 11.8 Å². The van der Waals surface area contributed by atoms with Crippen molar-refractivity contribution >= 4 is 41.1 Å². The maximum atomic E-state index is 10.1. The number of primary amides is 1. The lowest BCUT2D eigenvalue weighted by atomic mass is 10.2. The van der Waals surface area contributed by atoms with E-state index >= 15 is 0 Å². The first-order valence-electron chi connectivity index (χ1n) is 5.83. The summed E-state index contributed by atoms with van der Waals surface area (Å²) in [6, 6.07) is -1.66. The normalized spacial score (nSPS) is 11.6. The Morgan fingerprint density at radius 1 is 1.09 bits per heavy atom. The van der Waals surface area contributed by atoms with Crippen molar-refractivity contribution in [2.75, 3.05) is 12.0 Å². The van der Waals surface area contributed by atoms with E-state index in [-0.39, 0.29) is 24.3 Å². The van der Waals surface area contributed by atoms with Gasteiger partial charge in [0.05, 0.1) is 0 Å². The largest absolute Gasteiger partial charge is 0.480 e. The van der Waals surface area contributed by atoms with Crippen LogP contribution in [0.5, 0.6) is 0 Å². The number of amides is 1. The van der Waals surface area contributed by atoms with Crippen molar-refractivity contribution in [1.29, 1.82) is 4.78 Å². The number of carbonyl (C=O) groups is 3. The summed E-state index contributed by atoms with van der Waals surface area (Å²) in [5.41, 5.74) is 15.0. The zero-order valence-electron chi connectivity index (χ0n) is 12.1. The van der Waals surface area contributed by atoms with Gasteiger partial charge >= 0.3 is 11.9 Å². The highest BCUT2D eigenvalue weighted by Crippen LogP contribution is 1.97. The van der Waals surface area contributed by atoms with Gasteiger partial charge < -0.3 is 27.4 Å². The van der Waals surface area contributed by atoms with Crippen LogP contribution in [0.2, 0.25) is 0 Å². The molecule has 130 valence electrons. The van der Waals surface area contributed by atoms with Crippen LogP contribution in [0, 0.1) is 4.78 Å². The predicted octanol–water partition coefficient (Wildman–Crippen LogP) is -1.22. The van der Waals surface area contributed by atoms with Crippen LogP contribution in [0.1, 0.15) is 19.3 Å². The summed E-state index contributed by atoms with van der Waals surface area (Å²) in [6.07, 6.45) is 2.60. The summed E-state index contributed by atoms with van der Waals surface area (Å²) in [5.74, 6) is -1.74. The smallest absolute Gasteiger partial charge is 0.320 e. The van der Waals surface area contributed by atoms with Gasteiger partial charge in [-0.3, -0.25) is 14.4 Å². The molecule has 2 atom stereocenters. The minimum atomic E-state index is -1.11. The van der Waals surface area contributed by atoms with E-state index in [2.05, 4.69) is 0 Å². The van der Waals surface area contributed by atoms with Gasteiger partial charge in [0.1, 0.15) is 12.1 Å². The van der Waals surface area contributed by atoms with E-state index in [1.165, 1.54) is 0 Å². The van der Waals surface area contributed by atoms with Crippen molar-refractivity contribution < 1.29 is 28.8 Å². The Hall–Kier alpha value is -1.50. The van der Waals surface area contributed by atoms with Crippen molar-refractivity contribution in [3.63, 3.8) is 0 Å². The molecule has 22 heavy (non-hydrogen) atoms. The van der Waals surface area contributed by atoms with Crippen molar-refractivity contribution in [3.8, 4) is 0 Å². The first-order valence-corrected chi connectivity index (χ1v) is 7.97. The van der Waals surface area contributed by atoms with E-state index in [0.717, 1.165) is 5.75 Å². The van der Waals surface area contributed by atoms with Crippen LogP contribution in [0.3, 0.4) is 0 Å². The maximum absolute atomic E-state index is 10.1. The number of nitrogens with two attached hydrogens (primary N) is 3. The fraction of sp³-hybridized carbons (Fsp3) is 0.700. The molecule has 0 saturated carbocycles. The molecule has 2 unspecified atom stereocenters. The highest BCUT2D eigenvalue weighted by molar-refractivity contribution is 7.98. The second-order valence-electron chi connectivity index (χ2n) is 3.76. The van der Waals surface area contributed by atoms with Crippen LogP contribution in [0.4, 0.5) is 0 Å². The average Bonchev–Trinajstić information content (AvgIpc) is 2.43. The molecule has 0 aliphatic rings. The fourth-order valence-electron chi connectivity index (χ4n) is 0.790. The van der Waals surface area contributed by atoms with E-state index < -0.39 is 29.9 Å². The standard InChI is InChI=1S/C5H10N2O3.C5H11NO2S.HNOS/c6-3(5(9)10)1-2-4(7)8;1-9-3-2-4(6)5(7)8;1-3-2/h3H,1-2,6H2,(H2,7,8)(H,9,10);4H,2-3,6H2,1H3,(H,7,8);1H. The van der Waals surface area contributed by atoms with Crippen molar-refractivity contribution in [2.45, 2.75) is 31.3 Å². The van der Waals surface area contributed by atoms with Gasteiger partial charge in [0.2, 0.25) is 5.91 Å². The summed E-state index contributed by atoms with van der Waals surface area (Å²) in [4.78, 5) is 30.2. The number of rotatable bonds is 8. The quantitative estimate of drug-likeness (QED) is 0.306. The summed E-state index contributed by atoms with van der Waals surface area (Å²) >= 11 is 1.35. The molecule has 0 rings (SSSR count). The molecule has 1 amide bonds. The SMILES string of the molecule is CSCCC(N)C(=O)O.N=S=O.NC(=O)CCC(N)C(=O)O. The Bertz CT molecular complexity index is 376. The van der Waals surface area contributed by atoms with E-state index in [9.17, 15) is 14.4 Å². The second kappa shape index (κ2) is 17.6. The molecule has 0 spiro atoms. The minimum Gasteiger partial charge on any atom is -0.480 e. The summed E-state index contributed by atoms with van der Waals surface area (Å²) in [6.45, 7) is 0. The molecule has 0 fully saturated rings. The van der Waals surface area contributed by atoms with Crippen LogP contribution in [-0.4, -0.2) is 56.4 Å². The minimum absolute atomic E-state index is 0.0213. The van der Waals surface area contributed by atoms with Crippen LogP contribution in [0.15, 0.2) is 0 Å². The van der Waals surface area contributed by atoms with Gasteiger partial charge in [-0.15, -0.1) is 0 Å². The lowest BCUT2D eigenvalue weighted by Gasteiger charge is -2.02. The lowest BCUT2D eigenvalue weighted by Crippen LogP contribution is -2.31. The van der Waals surface area contributed by atoms with Crippen molar-refractivity contribution in [2.24, 2.45) is 17.2 Å². The molecular weight excluding hydrogens is 336 g/mol. The molecule has 0 aromatic heterocycles. The molecule has 0 bridgehead atoms. The van der Waals surface area contributed by atoms with Gasteiger partial charge in [-0.05, 0) is 24.9 Å². The molecule has 10 nitrogen and oxygen atoms in total. The molecule has 0 radical (unpaired) electrons. The third kappa shape index (κ3) is 23.6. The van der Waals surface area contributed by atoms with Crippen LogP contribution in [-0.2, 0) is 25.8 Å². The van der Waals surface area contributed by atoms with E-state index in [1.807, 2.05) is 6.26 Å². The van der Waals surface area contributed by atoms with Crippen LogP contribution in [0.25, 0.3) is 0 Å². The Morgan fingerprint density at radius 3 is 1.73 bits per heavy atom. The zero-order chi connectivity index (χ0) is 18.1. The molecule has 0 heterocycles. The number of aliphatic carboxylic acids is 2. The molecule has 12 heteroatoms. The monoisotopic (exact) mass is 358 g/mol. The molecule has 0 saturated heterocycles. The topological polar surface area (TPSA) is 211 Å². The zero-order valence-corrected chi connectivity index (χ0v) is 13.7. The molecule has 0 aliphatic heterocycles. The highest BCUT2D eigenvalue weighted by Gasteiger charge is 2.11. The van der Waals surface area contributed by atoms with Crippen LogP contribution < -0.4 is 17.2 Å². The molecule has 0 aromatic rings. The molecule has 9 N–H and O–H groups in total. The predicted molar refractivity (Wildman–Crippen MR) is 83.5 cm³/mol. The van der Waals surface area contributed by atoms with Gasteiger partial charge in [-0.2, -0.15) is 16.0 Å². The number of carbonyl (C=O) groups excluding carboxylic acids is 1. The summed E-state index contributed by atoms with van der Waals surface area (Å²) in [7, 11) is 0. The summed E-state index contributed by atoms with van der Waals surface area (Å²) in [5, 5.41) is 16.5. The van der Waals surface area contributed by atoms with Gasteiger partial charge in [0.15, 0.2) is 11.5 Å². The molecule has 0 aromatic carbocycles. The molecule has 0 aliphatic carbocycles. The average molecular weight is 358 g/mol. The lowest BCUT2D eigenvalue weighted by molar-refractivity contribution is -0.139. The Morgan fingerprint density at radius 2 is 1.45 bits per heavy atom.